The van der Waals surface area contributed by atoms with Gasteiger partial charge in [0.2, 0.25) is 5.78 Å². The van der Waals surface area contributed by atoms with Gasteiger partial charge in [0.05, 0.1) is 10.6 Å². The van der Waals surface area contributed by atoms with Gasteiger partial charge in [0, 0.05) is 11.8 Å². The number of nitrogens with two attached hydrogens (primary N) is 1. The molecule has 0 atom stereocenters. The lowest BCUT2D eigenvalue weighted by Crippen LogP contribution is -2.08. The monoisotopic (exact) mass is 286 g/mol. The minimum atomic E-state index is -1.66. The van der Waals surface area contributed by atoms with Crippen molar-refractivity contribution >= 4 is 17.1 Å². The number of benzene rings is 1. The number of hydrogen-bond acceptors (Lipinski definition) is 4. The number of thiazole rings is 1. The van der Waals surface area contributed by atoms with Crippen molar-refractivity contribution in [2.24, 2.45) is 5.73 Å². The number of ketones is 1. The van der Waals surface area contributed by atoms with E-state index in [9.17, 15) is 18.0 Å². The van der Waals surface area contributed by atoms with E-state index in [1.165, 1.54) is 16.7 Å². The molecule has 19 heavy (non-hydrogen) atoms. The molecule has 0 radical (unpaired) electrons. The van der Waals surface area contributed by atoms with Crippen LogP contribution in [0.4, 0.5) is 13.2 Å². The van der Waals surface area contributed by atoms with Gasteiger partial charge < -0.3 is 5.73 Å². The predicted octanol–water partition coefficient (Wildman–Crippen LogP) is 2.29. The summed E-state index contributed by atoms with van der Waals surface area (Å²) in [6.07, 6.45) is 0.498. The lowest BCUT2D eigenvalue weighted by Gasteiger charge is -2.01. The highest BCUT2D eigenvalue weighted by Gasteiger charge is 2.21. The molecule has 1 heterocycles. The molecular formula is C12H9F3N2OS. The minimum Gasteiger partial charge on any atom is -0.330 e. The van der Waals surface area contributed by atoms with E-state index in [4.69, 9.17) is 5.73 Å². The fraction of sp³-hybridized carbons (Fsp3) is 0.167. The Morgan fingerprint density at radius 2 is 2.00 bits per heavy atom. The number of carbonyl (C=O) groups is 1. The number of carbonyl (C=O) groups excluding carboxylic acids is 1. The van der Waals surface area contributed by atoms with E-state index in [1.807, 2.05) is 0 Å². The Hall–Kier alpha value is -1.73. The first-order valence-electron chi connectivity index (χ1n) is 5.37. The van der Waals surface area contributed by atoms with E-state index in [0.29, 0.717) is 24.0 Å². The van der Waals surface area contributed by atoms with Crippen molar-refractivity contribution in [2.75, 3.05) is 6.54 Å². The van der Waals surface area contributed by atoms with Crippen molar-refractivity contribution in [3.05, 3.63) is 51.2 Å². The normalized spacial score (nSPS) is 10.7. The van der Waals surface area contributed by atoms with Gasteiger partial charge in [-0.05, 0) is 18.7 Å². The summed E-state index contributed by atoms with van der Waals surface area (Å²) < 4.78 is 39.3. The van der Waals surface area contributed by atoms with E-state index < -0.39 is 28.8 Å². The van der Waals surface area contributed by atoms with Crippen LogP contribution in [0.3, 0.4) is 0 Å². The fourth-order valence-electron chi connectivity index (χ4n) is 1.49. The van der Waals surface area contributed by atoms with Crippen LogP contribution in [0.1, 0.15) is 21.1 Å². The number of hydrogen-bond donors (Lipinski definition) is 1. The van der Waals surface area contributed by atoms with Crippen LogP contribution >= 0.6 is 11.3 Å². The van der Waals surface area contributed by atoms with Gasteiger partial charge in [-0.25, -0.2) is 18.2 Å². The zero-order chi connectivity index (χ0) is 14.0. The summed E-state index contributed by atoms with van der Waals surface area (Å²) in [5.74, 6) is -5.28. The summed E-state index contributed by atoms with van der Waals surface area (Å²) in [5, 5.41) is 2.07. The highest BCUT2D eigenvalue weighted by molar-refractivity contribution is 7.09. The minimum absolute atomic E-state index is 0.00152. The van der Waals surface area contributed by atoms with Crippen LogP contribution in [0.5, 0.6) is 0 Å². The lowest BCUT2D eigenvalue weighted by molar-refractivity contribution is 0.103. The average Bonchev–Trinajstić information content (AvgIpc) is 2.85. The standard InChI is InChI=1S/C12H9F3N2OS/c13-7-2-1-6(10(14)11(7)15)12(18)8-5-19-9(17-8)3-4-16/h1-2,5H,3-4,16H2. The van der Waals surface area contributed by atoms with Crippen molar-refractivity contribution in [3.63, 3.8) is 0 Å². The Balaban J connectivity index is 2.36. The summed E-state index contributed by atoms with van der Waals surface area (Å²) in [6, 6.07) is 1.61. The van der Waals surface area contributed by atoms with Gasteiger partial charge in [0.1, 0.15) is 5.69 Å². The van der Waals surface area contributed by atoms with Gasteiger partial charge in [-0.3, -0.25) is 4.79 Å². The van der Waals surface area contributed by atoms with Gasteiger partial charge in [-0.15, -0.1) is 11.3 Å². The number of aromatic nitrogens is 1. The van der Waals surface area contributed by atoms with Crippen LogP contribution < -0.4 is 5.73 Å². The Bertz CT molecular complexity index is 627. The summed E-state index contributed by atoms with van der Waals surface area (Å²) in [7, 11) is 0. The van der Waals surface area contributed by atoms with Crippen molar-refractivity contribution in [2.45, 2.75) is 6.42 Å². The van der Waals surface area contributed by atoms with Crippen molar-refractivity contribution < 1.29 is 18.0 Å². The highest BCUT2D eigenvalue weighted by Crippen LogP contribution is 2.20. The molecule has 0 amide bonds. The van der Waals surface area contributed by atoms with Gasteiger partial charge in [0.15, 0.2) is 17.5 Å². The molecule has 0 fully saturated rings. The number of nitrogens with zero attached hydrogens (tertiary/aromatic N) is 1. The molecule has 2 N–H and O–H groups in total. The third-order valence-electron chi connectivity index (χ3n) is 2.42. The maximum Gasteiger partial charge on any atom is 0.215 e. The van der Waals surface area contributed by atoms with E-state index in [0.717, 1.165) is 6.07 Å². The van der Waals surface area contributed by atoms with Crippen LogP contribution in [0.2, 0.25) is 0 Å². The molecule has 3 nitrogen and oxygen atoms in total. The topological polar surface area (TPSA) is 56.0 Å². The van der Waals surface area contributed by atoms with Crippen molar-refractivity contribution in [1.29, 1.82) is 0 Å². The first kappa shape index (κ1) is 13.7. The first-order valence-corrected chi connectivity index (χ1v) is 6.25. The maximum atomic E-state index is 13.5. The molecule has 0 aliphatic carbocycles. The zero-order valence-corrected chi connectivity index (χ0v) is 10.4. The maximum absolute atomic E-state index is 13.5. The smallest absolute Gasteiger partial charge is 0.215 e. The van der Waals surface area contributed by atoms with Gasteiger partial charge in [0.25, 0.3) is 0 Å². The van der Waals surface area contributed by atoms with Crippen LogP contribution in [-0.4, -0.2) is 17.3 Å². The molecule has 1 aromatic heterocycles. The third kappa shape index (κ3) is 2.66. The molecule has 0 aliphatic heterocycles. The molecule has 0 unspecified atom stereocenters. The summed E-state index contributed by atoms with van der Waals surface area (Å²) in [6.45, 7) is 0.376. The van der Waals surface area contributed by atoms with Crippen LogP contribution in [0, 0.1) is 17.5 Å². The molecular weight excluding hydrogens is 277 g/mol. The molecule has 100 valence electrons. The van der Waals surface area contributed by atoms with Crippen LogP contribution in [-0.2, 0) is 6.42 Å². The van der Waals surface area contributed by atoms with Gasteiger partial charge in [-0.1, -0.05) is 0 Å². The second-order valence-corrected chi connectivity index (χ2v) is 4.66. The zero-order valence-electron chi connectivity index (χ0n) is 9.62. The summed E-state index contributed by atoms with van der Waals surface area (Å²) >= 11 is 1.21. The molecule has 2 aromatic rings. The number of rotatable bonds is 4. The Kier molecular flexibility index (Phi) is 3.96. The largest absolute Gasteiger partial charge is 0.330 e. The first-order chi connectivity index (χ1) is 9.04. The lowest BCUT2D eigenvalue weighted by atomic mass is 10.1. The fourth-order valence-corrected chi connectivity index (χ4v) is 2.29. The van der Waals surface area contributed by atoms with E-state index in [-0.39, 0.29) is 5.69 Å². The summed E-state index contributed by atoms with van der Waals surface area (Å²) in [5.41, 5.74) is 4.81. The molecule has 0 saturated heterocycles. The van der Waals surface area contributed by atoms with Crippen LogP contribution in [0.15, 0.2) is 17.5 Å². The second kappa shape index (κ2) is 5.50. The molecule has 2 rings (SSSR count). The van der Waals surface area contributed by atoms with Crippen LogP contribution in [0.25, 0.3) is 0 Å². The van der Waals surface area contributed by atoms with Gasteiger partial charge in [-0.2, -0.15) is 0 Å². The molecule has 0 bridgehead atoms. The third-order valence-corrected chi connectivity index (χ3v) is 3.33. The SMILES string of the molecule is NCCc1nc(C(=O)c2ccc(F)c(F)c2F)cs1. The second-order valence-electron chi connectivity index (χ2n) is 3.72. The average molecular weight is 286 g/mol. The van der Waals surface area contributed by atoms with Gasteiger partial charge >= 0.3 is 0 Å². The molecule has 0 saturated carbocycles. The van der Waals surface area contributed by atoms with E-state index in [2.05, 4.69) is 4.98 Å². The van der Waals surface area contributed by atoms with E-state index in [1.54, 1.807) is 0 Å². The molecule has 1 aromatic carbocycles. The molecule has 0 spiro atoms. The Morgan fingerprint density at radius 3 is 2.68 bits per heavy atom. The van der Waals surface area contributed by atoms with E-state index >= 15 is 0 Å². The quantitative estimate of drug-likeness (QED) is 0.693. The Morgan fingerprint density at radius 1 is 1.26 bits per heavy atom. The molecule has 0 aliphatic rings. The van der Waals surface area contributed by atoms with Crippen molar-refractivity contribution in [1.82, 2.24) is 4.98 Å². The predicted molar refractivity (Wildman–Crippen MR) is 64.6 cm³/mol. The number of halogens is 3. The van der Waals surface area contributed by atoms with Crippen molar-refractivity contribution in [3.8, 4) is 0 Å². The molecule has 7 heteroatoms. The summed E-state index contributed by atoms with van der Waals surface area (Å²) in [4.78, 5) is 15.9. The Labute approximate surface area is 110 Å². The highest BCUT2D eigenvalue weighted by atomic mass is 32.1.